The van der Waals surface area contributed by atoms with E-state index in [1.807, 2.05) is 13.8 Å². The van der Waals surface area contributed by atoms with E-state index in [9.17, 15) is 29.9 Å². The highest BCUT2D eigenvalue weighted by Gasteiger charge is 2.73. The van der Waals surface area contributed by atoms with Gasteiger partial charge in [0.1, 0.15) is 64.8 Å². The molecule has 3 saturated carbocycles. The molecule has 3 aliphatic carbocycles. The van der Waals surface area contributed by atoms with Crippen molar-refractivity contribution in [1.82, 2.24) is 4.90 Å². The Balaban J connectivity index is 0.000000228. The molecule has 76 heavy (non-hydrogen) atoms. The van der Waals surface area contributed by atoms with Crippen LogP contribution in [-0.4, -0.2) is 148 Å². The summed E-state index contributed by atoms with van der Waals surface area (Å²) in [6.45, 7) is 22.0. The van der Waals surface area contributed by atoms with Crippen LogP contribution in [0.15, 0.2) is 48.6 Å². The van der Waals surface area contributed by atoms with Crippen LogP contribution in [-0.2, 0) is 37.9 Å². The van der Waals surface area contributed by atoms with Gasteiger partial charge >= 0.3 is 12.2 Å². The first-order chi connectivity index (χ1) is 35.2. The number of methoxy groups -OCH3 is 2. The minimum Gasteiger partial charge on any atom is -0.443 e. The number of likely N-dealkylation sites (tertiary alicyclic amines) is 1. The SMILES string of the molecule is C.CC(C)(O)C1CCCC1.CO[C@H]1C([C@@]2(C)O[C@@H]2/C=C/C(C)C)[C@]2(CC[C@H]1OC(=O)N1CCCC1C(C)(C)O)CO2.CO[C@H]1C([C@@]2(C)O[C@@H]2/C=C/C(C)C)[C@]2(CC[C@H]1OC(=O)Oc1ccc([N+](=O)[O-])cc1)CO2.ClCCl. The van der Waals surface area contributed by atoms with Crippen LogP contribution < -0.4 is 4.74 Å². The van der Waals surface area contributed by atoms with Crippen molar-refractivity contribution >= 4 is 41.1 Å². The zero-order valence-corrected chi connectivity index (χ0v) is 47.8. The first-order valence-electron chi connectivity index (χ1n) is 26.9. The van der Waals surface area contributed by atoms with Gasteiger partial charge in [0.2, 0.25) is 0 Å². The molecule has 9 rings (SSSR count). The number of carbonyl (C=O) groups is 2. The van der Waals surface area contributed by atoms with Crippen LogP contribution in [0.3, 0.4) is 0 Å². The Labute approximate surface area is 462 Å². The van der Waals surface area contributed by atoms with Crippen molar-refractivity contribution in [1.29, 1.82) is 0 Å². The molecule has 5 saturated heterocycles. The van der Waals surface area contributed by atoms with Crippen molar-refractivity contribution in [3.63, 3.8) is 0 Å². The molecular formula is C57H90Cl2N2O15. The zero-order chi connectivity index (χ0) is 55.3. The number of aliphatic hydroxyl groups is 2. The third-order valence-corrected chi connectivity index (χ3v) is 16.6. The minimum atomic E-state index is -0.956. The molecule has 5 aliphatic heterocycles. The van der Waals surface area contributed by atoms with E-state index in [1.165, 1.54) is 49.9 Å². The molecular weight excluding hydrogens is 1020 g/mol. The number of amides is 1. The molecule has 1 amide bonds. The molecule has 3 unspecified atom stereocenters. The van der Waals surface area contributed by atoms with E-state index in [-0.39, 0.29) is 83.8 Å². The van der Waals surface area contributed by atoms with Crippen molar-refractivity contribution < 1.29 is 67.4 Å². The third-order valence-electron chi connectivity index (χ3n) is 16.6. The number of ether oxygens (including phenoxy) is 9. The number of nitrogens with zero attached hydrogens (tertiary/aromatic N) is 2. The maximum Gasteiger partial charge on any atom is 0.514 e. The van der Waals surface area contributed by atoms with Gasteiger partial charge < -0.3 is 57.7 Å². The summed E-state index contributed by atoms with van der Waals surface area (Å²) >= 11 is 9.53. The molecule has 17 nitrogen and oxygen atoms in total. The second-order valence-corrected chi connectivity index (χ2v) is 24.6. The van der Waals surface area contributed by atoms with Crippen LogP contribution in [0.5, 0.6) is 5.75 Å². The molecule has 0 radical (unpaired) electrons. The number of alkyl halides is 2. The van der Waals surface area contributed by atoms with E-state index in [4.69, 9.17) is 65.8 Å². The Morgan fingerprint density at radius 3 is 1.59 bits per heavy atom. The number of halogens is 2. The Hall–Kier alpha value is -3.10. The number of benzene rings is 1. The Morgan fingerprint density at radius 1 is 0.776 bits per heavy atom. The van der Waals surface area contributed by atoms with Crippen LogP contribution in [0, 0.1) is 39.7 Å². The van der Waals surface area contributed by atoms with Crippen molar-refractivity contribution in [2.45, 2.75) is 217 Å². The van der Waals surface area contributed by atoms with E-state index in [0.29, 0.717) is 50.4 Å². The first-order valence-corrected chi connectivity index (χ1v) is 28.0. The number of rotatable bonds is 14. The van der Waals surface area contributed by atoms with Gasteiger partial charge in [-0.3, -0.25) is 10.1 Å². The quantitative estimate of drug-likeness (QED) is 0.0337. The van der Waals surface area contributed by atoms with Gasteiger partial charge in [-0.05, 0) is 123 Å². The van der Waals surface area contributed by atoms with Gasteiger partial charge in [0.05, 0.1) is 52.6 Å². The maximum atomic E-state index is 13.1. The number of hydrogen-bond donors (Lipinski definition) is 2. The lowest BCUT2D eigenvalue weighted by Gasteiger charge is -2.43. The smallest absolute Gasteiger partial charge is 0.443 e. The van der Waals surface area contributed by atoms with Crippen LogP contribution >= 0.6 is 23.2 Å². The number of carbonyl (C=O) groups excluding carboxylic acids is 2. The van der Waals surface area contributed by atoms with E-state index >= 15 is 0 Å². The molecule has 432 valence electrons. The van der Waals surface area contributed by atoms with Crippen LogP contribution in [0.4, 0.5) is 15.3 Å². The fourth-order valence-electron chi connectivity index (χ4n) is 12.3. The van der Waals surface area contributed by atoms with Gasteiger partial charge in [-0.15, -0.1) is 23.2 Å². The topological polar surface area (TPSA) is 217 Å². The largest absolute Gasteiger partial charge is 0.514 e. The molecule has 8 fully saturated rings. The molecule has 2 N–H and O–H groups in total. The van der Waals surface area contributed by atoms with Crippen molar-refractivity contribution in [2.75, 3.05) is 39.3 Å². The molecule has 5 heterocycles. The molecule has 0 aromatic heterocycles. The summed E-state index contributed by atoms with van der Waals surface area (Å²) in [5, 5.41) is 31.0. The van der Waals surface area contributed by atoms with Gasteiger partial charge in [-0.1, -0.05) is 72.3 Å². The van der Waals surface area contributed by atoms with Crippen molar-refractivity contribution in [3.8, 4) is 5.75 Å². The summed E-state index contributed by atoms with van der Waals surface area (Å²) in [6.07, 6.45) is 15.2. The fraction of sp³-hybridized carbons (Fsp3) is 0.789. The molecule has 0 bridgehead atoms. The summed E-state index contributed by atoms with van der Waals surface area (Å²) in [4.78, 5) is 37.5. The predicted molar refractivity (Wildman–Crippen MR) is 291 cm³/mol. The van der Waals surface area contributed by atoms with E-state index < -0.39 is 45.7 Å². The van der Waals surface area contributed by atoms with Crippen LogP contribution in [0.25, 0.3) is 0 Å². The number of allylic oxidation sites excluding steroid dienone is 2. The molecule has 8 aliphatic rings. The van der Waals surface area contributed by atoms with Crippen molar-refractivity contribution in [2.24, 2.45) is 29.6 Å². The van der Waals surface area contributed by atoms with E-state index in [0.717, 1.165) is 25.7 Å². The zero-order valence-electron chi connectivity index (χ0n) is 46.3. The van der Waals surface area contributed by atoms with Crippen LogP contribution in [0.1, 0.15) is 141 Å². The normalized spacial score (nSPS) is 35.4. The van der Waals surface area contributed by atoms with E-state index in [1.54, 1.807) is 33.0 Å². The first kappa shape index (κ1) is 63.7. The second kappa shape index (κ2) is 26.0. The number of non-ortho nitro benzene ring substituents is 1. The Bertz CT molecular complexity index is 2120. The number of nitro groups is 1. The summed E-state index contributed by atoms with van der Waals surface area (Å²) in [5.74, 6) is 1.50. The lowest BCUT2D eigenvalue weighted by molar-refractivity contribution is -0.384. The van der Waals surface area contributed by atoms with E-state index in [2.05, 4.69) is 65.8 Å². The van der Waals surface area contributed by atoms with Gasteiger partial charge in [0, 0.05) is 32.9 Å². The van der Waals surface area contributed by atoms with Gasteiger partial charge in [0.15, 0.2) is 0 Å². The third kappa shape index (κ3) is 15.4. The second-order valence-electron chi connectivity index (χ2n) is 23.8. The maximum absolute atomic E-state index is 13.1. The summed E-state index contributed by atoms with van der Waals surface area (Å²) in [7, 11) is 3.28. The van der Waals surface area contributed by atoms with Crippen molar-refractivity contribution in [3.05, 3.63) is 58.7 Å². The summed E-state index contributed by atoms with van der Waals surface area (Å²) in [5.41, 5.74) is -2.89. The molecule has 1 aromatic rings. The monoisotopic (exact) mass is 1110 g/mol. The Morgan fingerprint density at radius 2 is 1.22 bits per heavy atom. The summed E-state index contributed by atoms with van der Waals surface area (Å²) < 4.78 is 52.8. The highest BCUT2D eigenvalue weighted by atomic mass is 35.5. The van der Waals surface area contributed by atoms with Gasteiger partial charge in [0.25, 0.3) is 5.69 Å². The lowest BCUT2D eigenvalue weighted by atomic mass is 9.68. The molecule has 13 atom stereocenters. The molecule has 1 aromatic carbocycles. The number of nitro benzene ring substituents is 1. The molecule has 2 spiro atoms. The summed E-state index contributed by atoms with van der Waals surface area (Å²) in [6, 6.07) is 5.01. The molecule has 19 heteroatoms. The van der Waals surface area contributed by atoms with Gasteiger partial charge in [-0.25, -0.2) is 9.59 Å². The lowest BCUT2D eigenvalue weighted by Crippen LogP contribution is -2.57. The standard InChI is InChI=1S/C24H39NO6.C23H29NO8.C8H16O.CH2Cl2.CH4/c1-15(2)9-10-18-23(5,31-18)20-19(28-6)16(11-12-24(20)14-29-24)30-21(26)25-13-7-8-17(25)22(3,4)27;1-14(2)5-10-18-22(3,32-18)20-19(28-4)17(11-12-23(20)13-29-23)31-21(25)30-16-8-6-15(7-9-16)24(26)27;1-8(2,9)7-5-3-4-6-7;2-1-3;/h9-10,15-20,27H,7-8,11-14H2,1-6H3;5-10,14,17-20H,11-13H2,1-4H3;7,9H,3-6H2,1-2H3;1H2;1H4/b10-9+;10-5+;;;/t16-,17?,18-,19-,20?,23+,24+;17-,18-,19-,20?,22+,23+;;;/m11.../s1. The Kier molecular flexibility index (Phi) is 21.8. The predicted octanol–water partition coefficient (Wildman–Crippen LogP) is 11.3. The highest BCUT2D eigenvalue weighted by Crippen LogP contribution is 2.61. The highest BCUT2D eigenvalue weighted by molar-refractivity contribution is 6.40. The average molecular weight is 1110 g/mol. The minimum absolute atomic E-state index is 0. The number of epoxide rings is 4. The van der Waals surface area contributed by atoms with Crippen LogP contribution in [0.2, 0.25) is 0 Å². The number of hydrogen-bond acceptors (Lipinski definition) is 15. The fourth-order valence-corrected chi connectivity index (χ4v) is 12.3. The van der Waals surface area contributed by atoms with Gasteiger partial charge in [-0.2, -0.15) is 0 Å². The average Bonchev–Trinajstić information content (AvgIpc) is 4.32.